The first-order valence-corrected chi connectivity index (χ1v) is 7.17. The zero-order valence-electron chi connectivity index (χ0n) is 13.0. The number of hydrogen-bond donors (Lipinski definition) is 1. The summed E-state index contributed by atoms with van der Waals surface area (Å²) in [5.41, 5.74) is 3.50. The molecule has 1 N–H and O–H groups in total. The highest BCUT2D eigenvalue weighted by Crippen LogP contribution is 2.25. The highest BCUT2D eigenvalue weighted by Gasteiger charge is 2.13. The molecule has 0 bridgehead atoms. The molecule has 2 atom stereocenters. The van der Waals surface area contributed by atoms with Gasteiger partial charge < -0.3 is 10.1 Å². The van der Waals surface area contributed by atoms with Crippen LogP contribution in [0.1, 0.15) is 42.6 Å². The highest BCUT2D eigenvalue weighted by molar-refractivity contribution is 5.32. The summed E-state index contributed by atoms with van der Waals surface area (Å²) in [6.07, 6.45) is 0. The Bertz CT molecular complexity index is 612. The van der Waals surface area contributed by atoms with Gasteiger partial charge in [0.1, 0.15) is 0 Å². The van der Waals surface area contributed by atoms with Crippen molar-refractivity contribution in [1.82, 2.24) is 5.32 Å². The molecular formula is C18H22FNO. The molecule has 0 saturated carbocycles. The number of benzene rings is 2. The Hall–Kier alpha value is -1.87. The van der Waals surface area contributed by atoms with Crippen molar-refractivity contribution in [3.05, 3.63) is 65.0 Å². The molecule has 0 spiro atoms. The van der Waals surface area contributed by atoms with Crippen molar-refractivity contribution in [2.75, 3.05) is 7.11 Å². The van der Waals surface area contributed by atoms with E-state index in [9.17, 15) is 4.39 Å². The van der Waals surface area contributed by atoms with Gasteiger partial charge in [-0.2, -0.15) is 0 Å². The molecule has 112 valence electrons. The zero-order valence-corrected chi connectivity index (χ0v) is 13.0. The Kier molecular flexibility index (Phi) is 4.97. The molecule has 0 fully saturated rings. The van der Waals surface area contributed by atoms with Crippen LogP contribution in [0.3, 0.4) is 0 Å². The lowest BCUT2D eigenvalue weighted by molar-refractivity contribution is 0.384. The summed E-state index contributed by atoms with van der Waals surface area (Å²) in [6.45, 7) is 6.29. The van der Waals surface area contributed by atoms with Crippen LogP contribution >= 0.6 is 0 Å². The van der Waals surface area contributed by atoms with Gasteiger partial charge in [0.25, 0.3) is 0 Å². The molecule has 3 heteroatoms. The van der Waals surface area contributed by atoms with Gasteiger partial charge in [-0.25, -0.2) is 4.39 Å². The molecule has 0 heterocycles. The van der Waals surface area contributed by atoms with Crippen molar-refractivity contribution in [3.8, 4) is 5.75 Å². The Balaban J connectivity index is 2.12. The van der Waals surface area contributed by atoms with E-state index in [1.54, 1.807) is 12.1 Å². The first-order valence-electron chi connectivity index (χ1n) is 7.17. The van der Waals surface area contributed by atoms with Crippen LogP contribution in [0.15, 0.2) is 42.5 Å². The maximum absolute atomic E-state index is 13.5. The summed E-state index contributed by atoms with van der Waals surface area (Å²) in [5.74, 6) is -0.0514. The first-order chi connectivity index (χ1) is 10.0. The molecule has 2 rings (SSSR count). The molecule has 1 unspecified atom stereocenters. The van der Waals surface area contributed by atoms with Gasteiger partial charge in [0.15, 0.2) is 11.6 Å². The van der Waals surface area contributed by atoms with Gasteiger partial charge in [-0.05, 0) is 44.0 Å². The lowest BCUT2D eigenvalue weighted by Crippen LogP contribution is -2.22. The van der Waals surface area contributed by atoms with E-state index >= 15 is 0 Å². The molecule has 0 aromatic heterocycles. The molecule has 2 nitrogen and oxygen atoms in total. The highest BCUT2D eigenvalue weighted by atomic mass is 19.1. The smallest absolute Gasteiger partial charge is 0.165 e. The standard InChI is InChI=1S/C18H22FNO/c1-12-6-5-7-15(10-12)13(2)20-14(3)16-8-9-17(19)18(11-16)21-4/h5-11,13-14,20H,1-4H3/t13-,14?/m1/s1. The fourth-order valence-corrected chi connectivity index (χ4v) is 2.45. The molecule has 0 amide bonds. The number of aryl methyl sites for hydroxylation is 1. The predicted molar refractivity (Wildman–Crippen MR) is 84.1 cm³/mol. The zero-order chi connectivity index (χ0) is 15.4. The van der Waals surface area contributed by atoms with E-state index in [0.717, 1.165) is 5.56 Å². The predicted octanol–water partition coefficient (Wildman–Crippen LogP) is 4.55. The average Bonchev–Trinajstić information content (AvgIpc) is 2.47. The molecule has 0 saturated heterocycles. The Labute approximate surface area is 126 Å². The van der Waals surface area contributed by atoms with Crippen LogP contribution in [0, 0.1) is 12.7 Å². The molecule has 0 aliphatic heterocycles. The summed E-state index contributed by atoms with van der Waals surface area (Å²) in [7, 11) is 1.48. The Morgan fingerprint density at radius 1 is 1.00 bits per heavy atom. The quantitative estimate of drug-likeness (QED) is 0.870. The van der Waals surface area contributed by atoms with E-state index in [0.29, 0.717) is 0 Å². The number of hydrogen-bond acceptors (Lipinski definition) is 2. The van der Waals surface area contributed by atoms with E-state index in [1.807, 2.05) is 0 Å². The maximum Gasteiger partial charge on any atom is 0.165 e. The minimum atomic E-state index is -0.333. The fraction of sp³-hybridized carbons (Fsp3) is 0.333. The van der Waals surface area contributed by atoms with Gasteiger partial charge in [0.2, 0.25) is 0 Å². The van der Waals surface area contributed by atoms with Crippen LogP contribution in [0.25, 0.3) is 0 Å². The lowest BCUT2D eigenvalue weighted by atomic mass is 10.0. The summed E-state index contributed by atoms with van der Waals surface area (Å²) in [6, 6.07) is 13.8. The summed E-state index contributed by atoms with van der Waals surface area (Å²) < 4.78 is 18.5. The van der Waals surface area contributed by atoms with Gasteiger partial charge in [0, 0.05) is 12.1 Å². The first kappa shape index (κ1) is 15.5. The van der Waals surface area contributed by atoms with Crippen molar-refractivity contribution in [3.63, 3.8) is 0 Å². The number of halogens is 1. The Morgan fingerprint density at radius 3 is 2.29 bits per heavy atom. The van der Waals surface area contributed by atoms with Crippen molar-refractivity contribution in [1.29, 1.82) is 0 Å². The van der Waals surface area contributed by atoms with Crippen molar-refractivity contribution in [2.45, 2.75) is 32.9 Å². The molecule has 2 aromatic rings. The molecule has 21 heavy (non-hydrogen) atoms. The maximum atomic E-state index is 13.5. The topological polar surface area (TPSA) is 21.3 Å². The normalized spacial score (nSPS) is 13.8. The largest absolute Gasteiger partial charge is 0.494 e. The van der Waals surface area contributed by atoms with Crippen LogP contribution in [0.2, 0.25) is 0 Å². The molecular weight excluding hydrogens is 265 g/mol. The second kappa shape index (κ2) is 6.72. The van der Waals surface area contributed by atoms with Gasteiger partial charge in [-0.15, -0.1) is 0 Å². The van der Waals surface area contributed by atoms with E-state index in [1.165, 1.54) is 24.3 Å². The van der Waals surface area contributed by atoms with Gasteiger partial charge in [0.05, 0.1) is 7.11 Å². The molecule has 0 aliphatic rings. The van der Waals surface area contributed by atoms with E-state index in [2.05, 4.69) is 50.4 Å². The van der Waals surface area contributed by atoms with Gasteiger partial charge in [-0.1, -0.05) is 35.9 Å². The van der Waals surface area contributed by atoms with Crippen molar-refractivity contribution in [2.24, 2.45) is 0 Å². The van der Waals surface area contributed by atoms with E-state index in [4.69, 9.17) is 4.74 Å². The van der Waals surface area contributed by atoms with Crippen LogP contribution in [0.5, 0.6) is 5.75 Å². The number of nitrogens with one attached hydrogen (secondary N) is 1. The van der Waals surface area contributed by atoms with Gasteiger partial charge >= 0.3 is 0 Å². The van der Waals surface area contributed by atoms with Crippen LogP contribution in [-0.4, -0.2) is 7.11 Å². The molecule has 2 aromatic carbocycles. The van der Waals surface area contributed by atoms with Crippen molar-refractivity contribution < 1.29 is 9.13 Å². The minimum Gasteiger partial charge on any atom is -0.494 e. The monoisotopic (exact) mass is 287 g/mol. The van der Waals surface area contributed by atoms with Crippen LogP contribution in [-0.2, 0) is 0 Å². The van der Waals surface area contributed by atoms with E-state index in [-0.39, 0.29) is 23.7 Å². The van der Waals surface area contributed by atoms with Gasteiger partial charge in [-0.3, -0.25) is 0 Å². The minimum absolute atomic E-state index is 0.106. The Morgan fingerprint density at radius 2 is 1.67 bits per heavy atom. The molecule has 0 radical (unpaired) electrons. The molecule has 0 aliphatic carbocycles. The average molecular weight is 287 g/mol. The third-order valence-electron chi connectivity index (χ3n) is 3.72. The number of ether oxygens (including phenoxy) is 1. The van der Waals surface area contributed by atoms with Crippen LogP contribution in [0.4, 0.5) is 4.39 Å². The van der Waals surface area contributed by atoms with E-state index < -0.39 is 0 Å². The third-order valence-corrected chi connectivity index (χ3v) is 3.72. The summed E-state index contributed by atoms with van der Waals surface area (Å²) >= 11 is 0. The van der Waals surface area contributed by atoms with Crippen molar-refractivity contribution >= 4 is 0 Å². The third kappa shape index (κ3) is 3.82. The fourth-order valence-electron chi connectivity index (χ4n) is 2.45. The lowest BCUT2D eigenvalue weighted by Gasteiger charge is -2.21. The second-order valence-corrected chi connectivity index (χ2v) is 5.42. The van der Waals surface area contributed by atoms with Crippen LogP contribution < -0.4 is 10.1 Å². The number of rotatable bonds is 5. The summed E-state index contributed by atoms with van der Waals surface area (Å²) in [5, 5.41) is 3.53. The summed E-state index contributed by atoms with van der Waals surface area (Å²) in [4.78, 5) is 0. The SMILES string of the molecule is COc1cc(C(C)N[C@H](C)c2cccc(C)c2)ccc1F. The second-order valence-electron chi connectivity index (χ2n) is 5.42. The number of methoxy groups -OCH3 is 1.